The van der Waals surface area contributed by atoms with Gasteiger partial charge in [0.2, 0.25) is 0 Å². The second-order valence-electron chi connectivity index (χ2n) is 5.69. The van der Waals surface area contributed by atoms with Gasteiger partial charge in [0.25, 0.3) is 0 Å². The van der Waals surface area contributed by atoms with Crippen molar-refractivity contribution in [3.05, 3.63) is 35.9 Å². The molecular weight excluding hydrogens is 210 g/mol. The van der Waals surface area contributed by atoms with Crippen molar-refractivity contribution in [1.29, 1.82) is 0 Å². The molecular formula is C15H21NO. The number of aliphatic hydroxyl groups is 1. The summed E-state index contributed by atoms with van der Waals surface area (Å²) < 4.78 is 0. The van der Waals surface area contributed by atoms with E-state index in [-0.39, 0.29) is 11.6 Å². The molecule has 1 saturated carbocycles. The Hall–Kier alpha value is -0.860. The van der Waals surface area contributed by atoms with Crippen LogP contribution >= 0.6 is 0 Å². The van der Waals surface area contributed by atoms with E-state index in [9.17, 15) is 5.11 Å². The van der Waals surface area contributed by atoms with E-state index in [1.165, 1.54) is 31.2 Å². The van der Waals surface area contributed by atoms with Crippen LogP contribution in [-0.4, -0.2) is 16.7 Å². The zero-order valence-corrected chi connectivity index (χ0v) is 10.2. The van der Waals surface area contributed by atoms with Gasteiger partial charge < -0.3 is 10.4 Å². The van der Waals surface area contributed by atoms with Gasteiger partial charge in [0.05, 0.1) is 6.10 Å². The van der Waals surface area contributed by atoms with Gasteiger partial charge in [-0.15, -0.1) is 0 Å². The Morgan fingerprint density at radius 2 is 1.82 bits per heavy atom. The van der Waals surface area contributed by atoms with E-state index in [0.717, 1.165) is 12.8 Å². The predicted octanol–water partition coefficient (Wildman–Crippen LogP) is 2.78. The highest BCUT2D eigenvalue weighted by molar-refractivity contribution is 5.21. The molecule has 1 aliphatic heterocycles. The Bertz CT molecular complexity index is 370. The first-order valence-corrected chi connectivity index (χ1v) is 6.78. The minimum atomic E-state index is -0.139. The summed E-state index contributed by atoms with van der Waals surface area (Å²) in [7, 11) is 0. The number of benzene rings is 1. The maximum atomic E-state index is 10.1. The van der Waals surface area contributed by atoms with E-state index in [4.69, 9.17) is 0 Å². The summed E-state index contributed by atoms with van der Waals surface area (Å²) in [4.78, 5) is 0. The van der Waals surface area contributed by atoms with Gasteiger partial charge in [0.15, 0.2) is 0 Å². The van der Waals surface area contributed by atoms with E-state index in [2.05, 4.69) is 29.6 Å². The van der Waals surface area contributed by atoms with E-state index in [1.807, 2.05) is 6.07 Å². The third-order valence-electron chi connectivity index (χ3n) is 4.38. The molecule has 1 aromatic rings. The van der Waals surface area contributed by atoms with Crippen LogP contribution in [0.4, 0.5) is 0 Å². The molecule has 2 N–H and O–H groups in total. The molecule has 92 valence electrons. The Morgan fingerprint density at radius 1 is 1.12 bits per heavy atom. The van der Waals surface area contributed by atoms with Crippen molar-refractivity contribution in [2.45, 2.75) is 56.2 Å². The average molecular weight is 231 g/mol. The fourth-order valence-electron chi connectivity index (χ4n) is 3.60. The van der Waals surface area contributed by atoms with Crippen molar-refractivity contribution in [2.75, 3.05) is 0 Å². The minimum absolute atomic E-state index is 0.139. The van der Waals surface area contributed by atoms with Crippen LogP contribution in [-0.2, 0) is 0 Å². The highest BCUT2D eigenvalue weighted by Gasteiger charge is 2.41. The van der Waals surface area contributed by atoms with Gasteiger partial charge in [0.1, 0.15) is 0 Å². The molecule has 17 heavy (non-hydrogen) atoms. The second-order valence-corrected chi connectivity index (χ2v) is 5.69. The summed E-state index contributed by atoms with van der Waals surface area (Å²) in [6.07, 6.45) is 6.73. The lowest BCUT2D eigenvalue weighted by Crippen LogP contribution is -2.52. The number of hydrogen-bond acceptors (Lipinski definition) is 2. The van der Waals surface area contributed by atoms with Crippen molar-refractivity contribution < 1.29 is 5.11 Å². The van der Waals surface area contributed by atoms with Crippen LogP contribution < -0.4 is 5.32 Å². The van der Waals surface area contributed by atoms with Crippen LogP contribution in [0.15, 0.2) is 30.3 Å². The monoisotopic (exact) mass is 231 g/mol. The predicted molar refractivity (Wildman–Crippen MR) is 68.8 cm³/mol. The highest BCUT2D eigenvalue weighted by Crippen LogP contribution is 2.41. The standard InChI is InChI=1S/C15H21NO/c17-13-10-14(12-6-2-1-3-7-12)16-15(11-13)8-4-5-9-15/h1-3,6-7,13-14,16-17H,4-5,8-11H2/t13-,14-/m1/s1. The second kappa shape index (κ2) is 4.43. The molecule has 2 atom stereocenters. The largest absolute Gasteiger partial charge is 0.393 e. The quantitative estimate of drug-likeness (QED) is 0.779. The average Bonchev–Trinajstić information content (AvgIpc) is 2.77. The van der Waals surface area contributed by atoms with Gasteiger partial charge in [-0.25, -0.2) is 0 Å². The van der Waals surface area contributed by atoms with Crippen molar-refractivity contribution in [3.8, 4) is 0 Å². The van der Waals surface area contributed by atoms with E-state index in [0.29, 0.717) is 6.04 Å². The van der Waals surface area contributed by atoms with Crippen molar-refractivity contribution >= 4 is 0 Å². The minimum Gasteiger partial charge on any atom is -0.393 e. The van der Waals surface area contributed by atoms with E-state index < -0.39 is 0 Å². The third-order valence-corrected chi connectivity index (χ3v) is 4.38. The molecule has 2 nitrogen and oxygen atoms in total. The maximum absolute atomic E-state index is 10.1. The van der Waals surface area contributed by atoms with Crippen LogP contribution in [0.1, 0.15) is 50.1 Å². The van der Waals surface area contributed by atoms with Crippen LogP contribution in [0.2, 0.25) is 0 Å². The molecule has 0 radical (unpaired) electrons. The summed E-state index contributed by atoms with van der Waals surface area (Å²) in [5.41, 5.74) is 1.54. The topological polar surface area (TPSA) is 32.3 Å². The van der Waals surface area contributed by atoms with Crippen LogP contribution in [0.3, 0.4) is 0 Å². The molecule has 1 spiro atoms. The van der Waals surface area contributed by atoms with Gasteiger partial charge in [-0.3, -0.25) is 0 Å². The number of nitrogens with one attached hydrogen (secondary N) is 1. The molecule has 0 aromatic heterocycles. The smallest absolute Gasteiger partial charge is 0.0576 e. The molecule has 1 heterocycles. The van der Waals surface area contributed by atoms with E-state index >= 15 is 0 Å². The fourth-order valence-corrected chi connectivity index (χ4v) is 3.60. The maximum Gasteiger partial charge on any atom is 0.0576 e. The van der Waals surface area contributed by atoms with Crippen molar-refractivity contribution in [2.24, 2.45) is 0 Å². The molecule has 2 fully saturated rings. The van der Waals surface area contributed by atoms with Gasteiger partial charge in [-0.1, -0.05) is 43.2 Å². The number of rotatable bonds is 1. The highest BCUT2D eigenvalue weighted by atomic mass is 16.3. The van der Waals surface area contributed by atoms with Crippen LogP contribution in [0.5, 0.6) is 0 Å². The number of hydrogen-bond donors (Lipinski definition) is 2. The molecule has 1 aliphatic carbocycles. The molecule has 0 amide bonds. The van der Waals surface area contributed by atoms with Gasteiger partial charge in [-0.2, -0.15) is 0 Å². The first kappa shape index (κ1) is 11.2. The van der Waals surface area contributed by atoms with Crippen LogP contribution in [0.25, 0.3) is 0 Å². The first-order chi connectivity index (χ1) is 8.27. The molecule has 1 aromatic carbocycles. The Morgan fingerprint density at radius 3 is 2.53 bits per heavy atom. The molecule has 1 saturated heterocycles. The SMILES string of the molecule is O[C@@H]1C[C@H](c2ccccc2)NC2(CCCC2)C1. The summed E-state index contributed by atoms with van der Waals surface area (Å²) in [5, 5.41) is 13.9. The van der Waals surface area contributed by atoms with Gasteiger partial charge in [0, 0.05) is 11.6 Å². The molecule has 0 bridgehead atoms. The summed E-state index contributed by atoms with van der Waals surface area (Å²) >= 11 is 0. The van der Waals surface area contributed by atoms with Gasteiger partial charge >= 0.3 is 0 Å². The molecule has 0 unspecified atom stereocenters. The fraction of sp³-hybridized carbons (Fsp3) is 0.600. The zero-order valence-electron chi connectivity index (χ0n) is 10.2. The number of aliphatic hydroxyl groups excluding tert-OH is 1. The Kier molecular flexibility index (Phi) is 2.93. The third kappa shape index (κ3) is 2.24. The lowest BCUT2D eigenvalue weighted by Gasteiger charge is -2.42. The normalized spacial score (nSPS) is 31.8. The first-order valence-electron chi connectivity index (χ1n) is 6.78. The lowest BCUT2D eigenvalue weighted by atomic mass is 9.81. The summed E-state index contributed by atoms with van der Waals surface area (Å²) in [6.45, 7) is 0. The van der Waals surface area contributed by atoms with Gasteiger partial charge in [-0.05, 0) is 31.2 Å². The molecule has 3 rings (SSSR count). The van der Waals surface area contributed by atoms with Crippen LogP contribution in [0, 0.1) is 0 Å². The summed E-state index contributed by atoms with van der Waals surface area (Å²) in [5.74, 6) is 0. The zero-order chi connectivity index (χ0) is 11.7. The van der Waals surface area contributed by atoms with Crippen molar-refractivity contribution in [3.63, 3.8) is 0 Å². The Labute approximate surface area is 103 Å². The Balaban J connectivity index is 1.82. The van der Waals surface area contributed by atoms with E-state index in [1.54, 1.807) is 0 Å². The molecule has 2 aliphatic rings. The lowest BCUT2D eigenvalue weighted by molar-refractivity contribution is 0.0547. The number of piperidine rings is 1. The van der Waals surface area contributed by atoms with Crippen molar-refractivity contribution in [1.82, 2.24) is 5.32 Å². The molecule has 2 heteroatoms. The summed E-state index contributed by atoms with van der Waals surface area (Å²) in [6, 6.07) is 10.9.